The van der Waals surface area contributed by atoms with Crippen LogP contribution in [0, 0.1) is 0 Å². The maximum absolute atomic E-state index is 12.6. The predicted molar refractivity (Wildman–Crippen MR) is 104 cm³/mol. The summed E-state index contributed by atoms with van der Waals surface area (Å²) in [5.41, 5.74) is 3.47. The Morgan fingerprint density at radius 2 is 1.97 bits per heavy atom. The first-order valence-corrected chi connectivity index (χ1v) is 9.54. The molecule has 0 saturated heterocycles. The molecule has 0 unspecified atom stereocenters. The SMILES string of the molecule is C[C@@H](OC(=O)c1ccc(-n2cnnn2)cc1)C(=O)N[C@H]1CCCc2ccccc21. The average molecular weight is 391 g/mol. The van der Waals surface area contributed by atoms with Crippen molar-refractivity contribution in [2.75, 3.05) is 0 Å². The van der Waals surface area contributed by atoms with Crippen LogP contribution in [0.5, 0.6) is 0 Å². The lowest BCUT2D eigenvalue weighted by Crippen LogP contribution is -2.39. The van der Waals surface area contributed by atoms with E-state index in [1.165, 1.54) is 16.6 Å². The van der Waals surface area contributed by atoms with E-state index < -0.39 is 12.1 Å². The van der Waals surface area contributed by atoms with Gasteiger partial charge >= 0.3 is 5.97 Å². The maximum Gasteiger partial charge on any atom is 0.338 e. The molecular weight excluding hydrogens is 370 g/mol. The van der Waals surface area contributed by atoms with E-state index in [4.69, 9.17) is 4.74 Å². The second-order valence-corrected chi connectivity index (χ2v) is 7.00. The van der Waals surface area contributed by atoms with Crippen molar-refractivity contribution in [2.24, 2.45) is 0 Å². The fraction of sp³-hybridized carbons (Fsp3) is 0.286. The Balaban J connectivity index is 1.37. The Morgan fingerprint density at radius 3 is 2.72 bits per heavy atom. The lowest BCUT2D eigenvalue weighted by atomic mass is 9.87. The van der Waals surface area contributed by atoms with E-state index in [2.05, 4.69) is 26.9 Å². The largest absolute Gasteiger partial charge is 0.449 e. The van der Waals surface area contributed by atoms with Crippen LogP contribution in [0.4, 0.5) is 0 Å². The number of aromatic nitrogens is 4. The Bertz CT molecular complexity index is 1000. The van der Waals surface area contributed by atoms with Crippen molar-refractivity contribution in [2.45, 2.75) is 38.3 Å². The number of nitrogens with one attached hydrogen (secondary N) is 1. The summed E-state index contributed by atoms with van der Waals surface area (Å²) in [5.74, 6) is -0.856. The zero-order valence-electron chi connectivity index (χ0n) is 16.0. The third-order valence-electron chi connectivity index (χ3n) is 5.06. The molecule has 0 spiro atoms. The van der Waals surface area contributed by atoms with Crippen molar-refractivity contribution in [3.05, 3.63) is 71.5 Å². The molecule has 0 bridgehead atoms. The Labute approximate surface area is 167 Å². The van der Waals surface area contributed by atoms with Crippen LogP contribution in [0.1, 0.15) is 47.3 Å². The quantitative estimate of drug-likeness (QED) is 0.671. The summed E-state index contributed by atoms with van der Waals surface area (Å²) in [6.45, 7) is 1.58. The number of fused-ring (bicyclic) bond motifs is 1. The second kappa shape index (κ2) is 8.22. The van der Waals surface area contributed by atoms with Gasteiger partial charge in [-0.1, -0.05) is 24.3 Å². The molecule has 29 heavy (non-hydrogen) atoms. The van der Waals surface area contributed by atoms with Crippen molar-refractivity contribution < 1.29 is 14.3 Å². The molecule has 1 amide bonds. The number of ether oxygens (including phenoxy) is 1. The van der Waals surface area contributed by atoms with Crippen LogP contribution in [-0.2, 0) is 16.0 Å². The first kappa shape index (κ1) is 18.8. The van der Waals surface area contributed by atoms with Gasteiger partial charge in [0.15, 0.2) is 6.10 Å². The third-order valence-corrected chi connectivity index (χ3v) is 5.06. The predicted octanol–water partition coefficient (Wildman–Crippen LogP) is 2.40. The number of carbonyl (C=O) groups excluding carboxylic acids is 2. The summed E-state index contributed by atoms with van der Waals surface area (Å²) < 4.78 is 6.84. The molecule has 8 heteroatoms. The lowest BCUT2D eigenvalue weighted by molar-refractivity contribution is -0.130. The van der Waals surface area contributed by atoms with Crippen LogP contribution in [0.25, 0.3) is 5.69 Å². The Morgan fingerprint density at radius 1 is 1.17 bits per heavy atom. The molecule has 0 aliphatic heterocycles. The van der Waals surface area contributed by atoms with E-state index >= 15 is 0 Å². The molecule has 2 atom stereocenters. The monoisotopic (exact) mass is 391 g/mol. The van der Waals surface area contributed by atoms with Crippen molar-refractivity contribution in [1.82, 2.24) is 25.5 Å². The molecule has 2 aromatic carbocycles. The standard InChI is InChI=1S/C21H21N5O3/c1-14(20(27)23-19-8-4-6-15-5-2-3-7-18(15)19)29-21(28)16-9-11-17(12-10-16)26-13-22-24-25-26/h2-3,5,7,9-14,19H,4,6,8H2,1H3,(H,23,27)/t14-,19+/m1/s1. The van der Waals surface area contributed by atoms with Gasteiger partial charge in [-0.3, -0.25) is 4.79 Å². The summed E-state index contributed by atoms with van der Waals surface area (Å²) >= 11 is 0. The minimum Gasteiger partial charge on any atom is -0.449 e. The Kier molecular flexibility index (Phi) is 5.33. The van der Waals surface area contributed by atoms with Gasteiger partial charge < -0.3 is 10.1 Å². The van der Waals surface area contributed by atoms with E-state index in [1.54, 1.807) is 31.2 Å². The van der Waals surface area contributed by atoms with Gasteiger partial charge in [0.2, 0.25) is 0 Å². The van der Waals surface area contributed by atoms with Gasteiger partial charge in [-0.25, -0.2) is 9.48 Å². The highest BCUT2D eigenvalue weighted by atomic mass is 16.5. The maximum atomic E-state index is 12.6. The van der Waals surface area contributed by atoms with Crippen LogP contribution in [0.3, 0.4) is 0 Å². The third kappa shape index (κ3) is 4.16. The number of rotatable bonds is 5. The normalized spacial score (nSPS) is 16.5. The number of nitrogens with zero attached hydrogens (tertiary/aromatic N) is 4. The molecule has 4 rings (SSSR count). The van der Waals surface area contributed by atoms with Gasteiger partial charge in [-0.05, 0) is 72.0 Å². The summed E-state index contributed by atoms with van der Waals surface area (Å²) in [5, 5.41) is 14.0. The topological polar surface area (TPSA) is 99.0 Å². The number of benzene rings is 2. The summed E-state index contributed by atoms with van der Waals surface area (Å²) in [7, 11) is 0. The molecule has 0 radical (unpaired) electrons. The Hall–Kier alpha value is -3.55. The second-order valence-electron chi connectivity index (χ2n) is 7.00. The van der Waals surface area contributed by atoms with Gasteiger partial charge in [0.1, 0.15) is 6.33 Å². The molecule has 1 N–H and O–H groups in total. The van der Waals surface area contributed by atoms with E-state index in [0.717, 1.165) is 24.8 Å². The van der Waals surface area contributed by atoms with Gasteiger partial charge in [0.05, 0.1) is 17.3 Å². The highest BCUT2D eigenvalue weighted by Gasteiger charge is 2.25. The fourth-order valence-corrected chi connectivity index (χ4v) is 3.50. The minimum absolute atomic E-state index is 0.0517. The smallest absolute Gasteiger partial charge is 0.338 e. The van der Waals surface area contributed by atoms with Crippen LogP contribution in [0.15, 0.2) is 54.9 Å². The van der Waals surface area contributed by atoms with Gasteiger partial charge in [0, 0.05) is 0 Å². The number of amides is 1. The zero-order chi connectivity index (χ0) is 20.2. The molecule has 1 aromatic heterocycles. The van der Waals surface area contributed by atoms with E-state index in [9.17, 15) is 9.59 Å². The number of esters is 1. The molecule has 0 fully saturated rings. The van der Waals surface area contributed by atoms with Gasteiger partial charge in [-0.2, -0.15) is 0 Å². The lowest BCUT2D eigenvalue weighted by Gasteiger charge is -2.27. The number of hydrogen-bond donors (Lipinski definition) is 1. The molecule has 1 aliphatic rings. The fourth-order valence-electron chi connectivity index (χ4n) is 3.50. The molecule has 3 aromatic rings. The summed E-state index contributed by atoms with van der Waals surface area (Å²) in [4.78, 5) is 25.0. The molecule has 8 nitrogen and oxygen atoms in total. The number of carbonyl (C=O) groups is 2. The van der Waals surface area contributed by atoms with Crippen molar-refractivity contribution in [3.8, 4) is 5.69 Å². The van der Waals surface area contributed by atoms with Gasteiger partial charge in [0.25, 0.3) is 5.91 Å². The molecule has 0 saturated carbocycles. The summed E-state index contributed by atoms with van der Waals surface area (Å²) in [6, 6.07) is 14.7. The molecule has 148 valence electrons. The van der Waals surface area contributed by atoms with Crippen molar-refractivity contribution in [3.63, 3.8) is 0 Å². The van der Waals surface area contributed by atoms with Crippen molar-refractivity contribution >= 4 is 11.9 Å². The number of tetrazole rings is 1. The average Bonchev–Trinajstić information content (AvgIpc) is 3.29. The summed E-state index contributed by atoms with van der Waals surface area (Å²) in [6.07, 6.45) is 3.48. The number of aryl methyl sites for hydroxylation is 1. The first-order chi connectivity index (χ1) is 14.1. The zero-order valence-corrected chi connectivity index (χ0v) is 16.0. The van der Waals surface area contributed by atoms with Gasteiger partial charge in [-0.15, -0.1) is 5.10 Å². The highest BCUT2D eigenvalue weighted by Crippen LogP contribution is 2.29. The minimum atomic E-state index is -0.893. The van der Waals surface area contributed by atoms with Crippen LogP contribution < -0.4 is 5.32 Å². The number of hydrogen-bond acceptors (Lipinski definition) is 6. The van der Waals surface area contributed by atoms with Crippen molar-refractivity contribution in [1.29, 1.82) is 0 Å². The van der Waals surface area contributed by atoms with E-state index in [0.29, 0.717) is 11.3 Å². The first-order valence-electron chi connectivity index (χ1n) is 9.54. The van der Waals surface area contributed by atoms with E-state index in [1.807, 2.05) is 18.2 Å². The van der Waals surface area contributed by atoms with Crippen LogP contribution in [0.2, 0.25) is 0 Å². The molecule has 1 aliphatic carbocycles. The van der Waals surface area contributed by atoms with Crippen LogP contribution >= 0.6 is 0 Å². The highest BCUT2D eigenvalue weighted by molar-refractivity contribution is 5.92. The molecule has 1 heterocycles. The van der Waals surface area contributed by atoms with E-state index in [-0.39, 0.29) is 11.9 Å². The molecular formula is C21H21N5O3. The van der Waals surface area contributed by atoms with Crippen LogP contribution in [-0.4, -0.2) is 38.2 Å².